The summed E-state index contributed by atoms with van der Waals surface area (Å²) in [5.41, 5.74) is -0.0523. The summed E-state index contributed by atoms with van der Waals surface area (Å²) in [6.07, 6.45) is 3.60. The lowest BCUT2D eigenvalue weighted by Gasteiger charge is -2.28. The summed E-state index contributed by atoms with van der Waals surface area (Å²) in [4.78, 5) is 12.7. The molecule has 142 valence electrons. The van der Waals surface area contributed by atoms with Crippen LogP contribution < -0.4 is 10.1 Å². The van der Waals surface area contributed by atoms with E-state index in [0.717, 1.165) is 30.7 Å². The number of carbonyl (C=O) groups excluding carboxylic acids is 1. The van der Waals surface area contributed by atoms with Crippen molar-refractivity contribution in [2.45, 2.75) is 59.0 Å². The number of rotatable bonds is 13. The average molecular weight is 351 g/mol. The monoisotopic (exact) mass is 351 g/mol. The first kappa shape index (κ1) is 21.5. The molecule has 0 spiro atoms. The Hall–Kier alpha value is -1.59. The standard InChI is InChI=1S/C20H33NO4/c1-5-8-13-20(4,25-14-6-2)19(22)21-17-9-11-18(12-10-17)24-16-15-23-7-3/h9-12H,5-8,13-16H2,1-4H3,(H,21,22)/t20-/m0/s1. The number of ether oxygens (including phenoxy) is 3. The minimum absolute atomic E-state index is 0.0978. The molecule has 1 aromatic rings. The maximum Gasteiger partial charge on any atom is 0.256 e. The summed E-state index contributed by atoms with van der Waals surface area (Å²) < 4.78 is 16.7. The van der Waals surface area contributed by atoms with Crippen molar-refractivity contribution in [3.05, 3.63) is 24.3 Å². The number of nitrogens with one attached hydrogen (secondary N) is 1. The van der Waals surface area contributed by atoms with Gasteiger partial charge in [-0.25, -0.2) is 0 Å². The SMILES string of the molecule is CCCC[C@](C)(OCCC)C(=O)Nc1ccc(OCCOCC)cc1. The van der Waals surface area contributed by atoms with Gasteiger partial charge in [-0.05, 0) is 51.0 Å². The van der Waals surface area contributed by atoms with Gasteiger partial charge < -0.3 is 19.5 Å². The summed E-state index contributed by atoms with van der Waals surface area (Å²) in [6.45, 7) is 10.3. The van der Waals surface area contributed by atoms with E-state index in [4.69, 9.17) is 14.2 Å². The van der Waals surface area contributed by atoms with Crippen LogP contribution in [0.2, 0.25) is 0 Å². The minimum atomic E-state index is -0.793. The third kappa shape index (κ3) is 7.88. The van der Waals surface area contributed by atoms with Gasteiger partial charge in [-0.3, -0.25) is 4.79 Å². The van der Waals surface area contributed by atoms with Gasteiger partial charge >= 0.3 is 0 Å². The zero-order valence-corrected chi connectivity index (χ0v) is 16.1. The van der Waals surface area contributed by atoms with Gasteiger partial charge in [0.05, 0.1) is 6.61 Å². The van der Waals surface area contributed by atoms with Crippen molar-refractivity contribution in [1.82, 2.24) is 0 Å². The van der Waals surface area contributed by atoms with Gasteiger partial charge in [0.25, 0.3) is 5.91 Å². The van der Waals surface area contributed by atoms with Gasteiger partial charge in [0.1, 0.15) is 18.0 Å². The van der Waals surface area contributed by atoms with Crippen molar-refractivity contribution < 1.29 is 19.0 Å². The molecule has 0 unspecified atom stereocenters. The van der Waals surface area contributed by atoms with Crippen molar-refractivity contribution in [2.75, 3.05) is 31.7 Å². The van der Waals surface area contributed by atoms with Gasteiger partial charge in [-0.1, -0.05) is 26.7 Å². The van der Waals surface area contributed by atoms with Crippen molar-refractivity contribution in [3.63, 3.8) is 0 Å². The number of benzene rings is 1. The van der Waals surface area contributed by atoms with Gasteiger partial charge in [0.2, 0.25) is 0 Å². The van der Waals surface area contributed by atoms with Crippen molar-refractivity contribution in [1.29, 1.82) is 0 Å². The maximum atomic E-state index is 12.7. The lowest BCUT2D eigenvalue weighted by molar-refractivity contribution is -0.140. The Bertz CT molecular complexity index is 479. The topological polar surface area (TPSA) is 56.8 Å². The van der Waals surface area contributed by atoms with Gasteiger partial charge in [0.15, 0.2) is 0 Å². The number of hydrogen-bond acceptors (Lipinski definition) is 4. The smallest absolute Gasteiger partial charge is 0.256 e. The minimum Gasteiger partial charge on any atom is -0.491 e. The van der Waals surface area contributed by atoms with Crippen LogP contribution in [0.15, 0.2) is 24.3 Å². The first-order valence-corrected chi connectivity index (χ1v) is 9.31. The van der Waals surface area contributed by atoms with Crippen LogP contribution in [0.4, 0.5) is 5.69 Å². The number of amides is 1. The lowest BCUT2D eigenvalue weighted by atomic mass is 9.97. The molecular formula is C20H33NO4. The summed E-state index contributed by atoms with van der Waals surface area (Å²) in [6, 6.07) is 7.37. The lowest BCUT2D eigenvalue weighted by Crippen LogP contribution is -2.43. The highest BCUT2D eigenvalue weighted by atomic mass is 16.5. The summed E-state index contributed by atoms with van der Waals surface area (Å²) >= 11 is 0. The quantitative estimate of drug-likeness (QED) is 0.535. The number of anilines is 1. The molecular weight excluding hydrogens is 318 g/mol. The fourth-order valence-electron chi connectivity index (χ4n) is 2.35. The third-order valence-electron chi connectivity index (χ3n) is 3.93. The molecule has 1 amide bonds. The highest BCUT2D eigenvalue weighted by Gasteiger charge is 2.33. The Labute approximate surface area is 152 Å². The van der Waals surface area contributed by atoms with Crippen LogP contribution >= 0.6 is 0 Å². The molecule has 0 bridgehead atoms. The Morgan fingerprint density at radius 3 is 2.36 bits per heavy atom. The molecule has 5 nitrogen and oxygen atoms in total. The largest absolute Gasteiger partial charge is 0.491 e. The highest BCUT2D eigenvalue weighted by Crippen LogP contribution is 2.23. The molecule has 0 saturated heterocycles. The second-order valence-corrected chi connectivity index (χ2v) is 6.21. The van der Waals surface area contributed by atoms with E-state index in [1.807, 2.05) is 45.0 Å². The van der Waals surface area contributed by atoms with Crippen molar-refractivity contribution in [3.8, 4) is 5.75 Å². The van der Waals surface area contributed by atoms with E-state index in [2.05, 4.69) is 12.2 Å². The van der Waals surface area contributed by atoms with E-state index in [9.17, 15) is 4.79 Å². The molecule has 0 saturated carbocycles. The maximum absolute atomic E-state index is 12.7. The molecule has 1 rings (SSSR count). The van der Waals surface area contributed by atoms with Crippen LogP contribution in [0.5, 0.6) is 5.75 Å². The number of hydrogen-bond donors (Lipinski definition) is 1. The summed E-state index contributed by atoms with van der Waals surface area (Å²) in [5, 5.41) is 2.96. The van der Waals surface area contributed by atoms with E-state index in [1.54, 1.807) is 0 Å². The highest BCUT2D eigenvalue weighted by molar-refractivity contribution is 5.97. The van der Waals surface area contributed by atoms with Crippen LogP contribution in [-0.4, -0.2) is 37.9 Å². The second kappa shape index (κ2) is 11.9. The normalized spacial score (nSPS) is 13.3. The Balaban J connectivity index is 2.60. The van der Waals surface area contributed by atoms with Gasteiger partial charge in [-0.2, -0.15) is 0 Å². The molecule has 1 atom stereocenters. The van der Waals surface area contributed by atoms with E-state index >= 15 is 0 Å². The molecule has 0 fully saturated rings. The first-order valence-electron chi connectivity index (χ1n) is 9.31. The van der Waals surface area contributed by atoms with Crippen molar-refractivity contribution in [2.24, 2.45) is 0 Å². The van der Waals surface area contributed by atoms with E-state index in [1.165, 1.54) is 0 Å². The summed E-state index contributed by atoms with van der Waals surface area (Å²) in [5.74, 6) is 0.660. The predicted molar refractivity (Wildman–Crippen MR) is 101 cm³/mol. The zero-order valence-electron chi connectivity index (χ0n) is 16.1. The molecule has 0 aliphatic carbocycles. The van der Waals surface area contributed by atoms with Gasteiger partial charge in [0, 0.05) is 18.9 Å². The van der Waals surface area contributed by atoms with Crippen LogP contribution in [0, 0.1) is 0 Å². The third-order valence-corrected chi connectivity index (χ3v) is 3.93. The first-order chi connectivity index (χ1) is 12.1. The molecule has 0 aliphatic rings. The van der Waals surface area contributed by atoms with E-state index in [0.29, 0.717) is 32.8 Å². The van der Waals surface area contributed by atoms with Gasteiger partial charge in [-0.15, -0.1) is 0 Å². The van der Waals surface area contributed by atoms with Crippen molar-refractivity contribution >= 4 is 11.6 Å². The fourth-order valence-corrected chi connectivity index (χ4v) is 2.35. The molecule has 25 heavy (non-hydrogen) atoms. The molecule has 0 aliphatic heterocycles. The molecule has 5 heteroatoms. The Morgan fingerprint density at radius 2 is 1.76 bits per heavy atom. The van der Waals surface area contributed by atoms with E-state index in [-0.39, 0.29) is 5.91 Å². The zero-order chi connectivity index (χ0) is 18.5. The molecule has 1 N–H and O–H groups in total. The van der Waals surface area contributed by atoms with Crippen LogP contribution in [-0.2, 0) is 14.3 Å². The Morgan fingerprint density at radius 1 is 1.04 bits per heavy atom. The summed E-state index contributed by atoms with van der Waals surface area (Å²) in [7, 11) is 0. The number of unbranched alkanes of at least 4 members (excludes halogenated alkanes) is 1. The van der Waals surface area contributed by atoms with Crippen LogP contribution in [0.1, 0.15) is 53.4 Å². The van der Waals surface area contributed by atoms with Crippen LogP contribution in [0.3, 0.4) is 0 Å². The van der Waals surface area contributed by atoms with Crippen LogP contribution in [0.25, 0.3) is 0 Å². The molecule has 1 aromatic carbocycles. The Kier molecular flexibility index (Phi) is 10.2. The molecule has 0 heterocycles. The van der Waals surface area contributed by atoms with E-state index < -0.39 is 5.60 Å². The number of carbonyl (C=O) groups is 1. The average Bonchev–Trinajstić information content (AvgIpc) is 2.63. The molecule has 0 aromatic heterocycles. The molecule has 0 radical (unpaired) electrons. The second-order valence-electron chi connectivity index (χ2n) is 6.21. The fraction of sp³-hybridized carbons (Fsp3) is 0.650. The predicted octanol–water partition coefficient (Wildman–Crippen LogP) is 4.42.